The van der Waals surface area contributed by atoms with Crippen molar-refractivity contribution in [3.05, 3.63) is 28.0 Å². The number of halogens is 1. The van der Waals surface area contributed by atoms with Crippen LogP contribution in [-0.4, -0.2) is 21.5 Å². The van der Waals surface area contributed by atoms with E-state index in [9.17, 15) is 0 Å². The quantitative estimate of drug-likeness (QED) is 0.769. The first-order chi connectivity index (χ1) is 8.53. The number of benzene rings is 1. The highest BCUT2D eigenvalue weighted by Gasteiger charge is 2.31. The van der Waals surface area contributed by atoms with E-state index in [2.05, 4.69) is 64.4 Å². The van der Waals surface area contributed by atoms with E-state index in [1.165, 1.54) is 14.5 Å². The Morgan fingerprint density at radius 3 is 3.06 bits per heavy atom. The summed E-state index contributed by atoms with van der Waals surface area (Å²) in [6, 6.07) is 6.42. The van der Waals surface area contributed by atoms with Crippen molar-refractivity contribution in [2.24, 2.45) is 0 Å². The zero-order valence-electron chi connectivity index (χ0n) is 10.7. The van der Waals surface area contributed by atoms with E-state index in [1.807, 2.05) is 6.20 Å². The van der Waals surface area contributed by atoms with Crippen molar-refractivity contribution in [1.82, 2.24) is 9.78 Å². The van der Waals surface area contributed by atoms with Crippen LogP contribution < -0.4 is 0 Å². The summed E-state index contributed by atoms with van der Waals surface area (Å²) < 4.78 is 9.36. The smallest absolute Gasteiger partial charge is 0.0779 e. The fourth-order valence-corrected chi connectivity index (χ4v) is 3.06. The molecule has 18 heavy (non-hydrogen) atoms. The summed E-state index contributed by atoms with van der Waals surface area (Å²) in [6.07, 6.45) is 4.49. The predicted octanol–water partition coefficient (Wildman–Crippen LogP) is 3.60. The summed E-state index contributed by atoms with van der Waals surface area (Å²) in [5.41, 5.74) is 1.23. The molecule has 0 amide bonds. The Morgan fingerprint density at radius 1 is 1.50 bits per heavy atom. The Kier molecular flexibility index (Phi) is 3.10. The van der Waals surface area contributed by atoms with E-state index in [-0.39, 0.29) is 5.60 Å². The van der Waals surface area contributed by atoms with Crippen LogP contribution in [0.1, 0.15) is 26.7 Å². The molecule has 1 aromatic carbocycles. The van der Waals surface area contributed by atoms with Crippen molar-refractivity contribution >= 4 is 33.5 Å². The zero-order chi connectivity index (χ0) is 12.8. The lowest BCUT2D eigenvalue weighted by atomic mass is 10.1. The van der Waals surface area contributed by atoms with Crippen molar-refractivity contribution < 1.29 is 4.74 Å². The van der Waals surface area contributed by atoms with Gasteiger partial charge in [0.1, 0.15) is 0 Å². The molecule has 96 valence electrons. The summed E-state index contributed by atoms with van der Waals surface area (Å²) in [5.74, 6) is 0. The van der Waals surface area contributed by atoms with Crippen LogP contribution in [0.25, 0.3) is 10.9 Å². The van der Waals surface area contributed by atoms with Crippen LogP contribution in [0.5, 0.6) is 0 Å². The van der Waals surface area contributed by atoms with Crippen LogP contribution >= 0.6 is 22.6 Å². The van der Waals surface area contributed by atoms with Gasteiger partial charge >= 0.3 is 0 Å². The Hall–Kier alpha value is -0.620. The molecular weight excluding hydrogens is 339 g/mol. The van der Waals surface area contributed by atoms with Crippen LogP contribution in [0, 0.1) is 3.57 Å². The molecule has 0 N–H and O–H groups in total. The third-order valence-electron chi connectivity index (χ3n) is 3.54. The number of hydrogen-bond donors (Lipinski definition) is 0. The maximum absolute atomic E-state index is 6.04. The number of nitrogens with zero attached hydrogens (tertiary/aromatic N) is 2. The summed E-state index contributed by atoms with van der Waals surface area (Å²) in [5, 5.41) is 5.68. The Labute approximate surface area is 121 Å². The topological polar surface area (TPSA) is 27.1 Å². The van der Waals surface area contributed by atoms with Gasteiger partial charge in [0.25, 0.3) is 0 Å². The van der Waals surface area contributed by atoms with Gasteiger partial charge in [-0.2, -0.15) is 5.10 Å². The van der Waals surface area contributed by atoms with Gasteiger partial charge in [-0.05, 0) is 61.4 Å². The van der Waals surface area contributed by atoms with Crippen LogP contribution in [0.15, 0.2) is 24.4 Å². The third kappa shape index (κ3) is 2.40. The van der Waals surface area contributed by atoms with E-state index in [0.717, 1.165) is 19.4 Å². The number of ether oxygens (including phenoxy) is 1. The predicted molar refractivity (Wildman–Crippen MR) is 80.6 cm³/mol. The van der Waals surface area contributed by atoms with Crippen molar-refractivity contribution in [2.45, 2.75) is 44.9 Å². The summed E-state index contributed by atoms with van der Waals surface area (Å²) >= 11 is 2.34. The van der Waals surface area contributed by atoms with Gasteiger partial charge in [-0.1, -0.05) is 6.07 Å². The standard InChI is InChI=1S/C14H17IN2O/c1-14(2)6-5-12(18-14)9-17-13-7-11(15)4-3-10(13)8-16-17/h3-4,7-8,12H,5-6,9H2,1-2H3. The van der Waals surface area contributed by atoms with Gasteiger partial charge in [0, 0.05) is 8.96 Å². The van der Waals surface area contributed by atoms with Gasteiger partial charge < -0.3 is 4.74 Å². The van der Waals surface area contributed by atoms with E-state index >= 15 is 0 Å². The van der Waals surface area contributed by atoms with Gasteiger partial charge in [0.15, 0.2) is 0 Å². The molecule has 3 rings (SSSR count). The second-order valence-electron chi connectivity index (χ2n) is 5.57. The van der Waals surface area contributed by atoms with Gasteiger partial charge in [-0.3, -0.25) is 4.68 Å². The van der Waals surface area contributed by atoms with E-state index in [0.29, 0.717) is 6.10 Å². The van der Waals surface area contributed by atoms with Gasteiger partial charge in [0.2, 0.25) is 0 Å². The van der Waals surface area contributed by atoms with E-state index in [4.69, 9.17) is 4.74 Å². The normalized spacial score (nSPS) is 22.7. The average molecular weight is 356 g/mol. The molecule has 1 saturated heterocycles. The molecular formula is C14H17IN2O. The number of hydrogen-bond acceptors (Lipinski definition) is 2. The fraction of sp³-hybridized carbons (Fsp3) is 0.500. The average Bonchev–Trinajstić information content (AvgIpc) is 2.84. The minimum Gasteiger partial charge on any atom is -0.370 e. The molecule has 1 unspecified atom stereocenters. The van der Waals surface area contributed by atoms with E-state index < -0.39 is 0 Å². The zero-order valence-corrected chi connectivity index (χ0v) is 12.8. The third-order valence-corrected chi connectivity index (χ3v) is 4.21. The van der Waals surface area contributed by atoms with Crippen molar-refractivity contribution in [3.63, 3.8) is 0 Å². The highest BCUT2D eigenvalue weighted by molar-refractivity contribution is 14.1. The Bertz CT molecular complexity index is 576. The second kappa shape index (κ2) is 4.49. The fourth-order valence-electron chi connectivity index (χ4n) is 2.59. The summed E-state index contributed by atoms with van der Waals surface area (Å²) in [4.78, 5) is 0. The molecule has 0 saturated carbocycles. The molecule has 0 bridgehead atoms. The molecule has 2 aromatic rings. The van der Waals surface area contributed by atoms with Gasteiger partial charge in [0.05, 0.1) is 30.0 Å². The molecule has 4 heteroatoms. The molecule has 0 aliphatic carbocycles. The van der Waals surface area contributed by atoms with Crippen LogP contribution in [-0.2, 0) is 11.3 Å². The molecule has 1 fully saturated rings. The minimum atomic E-state index is 0.0298. The Morgan fingerprint density at radius 2 is 2.33 bits per heavy atom. The molecule has 1 aromatic heterocycles. The first-order valence-electron chi connectivity index (χ1n) is 6.32. The van der Waals surface area contributed by atoms with Gasteiger partial charge in [-0.25, -0.2) is 0 Å². The van der Waals surface area contributed by atoms with Crippen LogP contribution in [0.3, 0.4) is 0 Å². The number of fused-ring (bicyclic) bond motifs is 1. The van der Waals surface area contributed by atoms with Crippen molar-refractivity contribution in [3.8, 4) is 0 Å². The molecule has 1 aliphatic heterocycles. The lowest BCUT2D eigenvalue weighted by Crippen LogP contribution is -2.23. The highest BCUT2D eigenvalue weighted by atomic mass is 127. The van der Waals surface area contributed by atoms with Crippen molar-refractivity contribution in [2.75, 3.05) is 0 Å². The van der Waals surface area contributed by atoms with Crippen LogP contribution in [0.4, 0.5) is 0 Å². The van der Waals surface area contributed by atoms with Crippen molar-refractivity contribution in [1.29, 1.82) is 0 Å². The molecule has 1 atom stereocenters. The lowest BCUT2D eigenvalue weighted by molar-refractivity contribution is -0.0224. The first-order valence-corrected chi connectivity index (χ1v) is 7.40. The summed E-state index contributed by atoms with van der Waals surface area (Å²) in [7, 11) is 0. The van der Waals surface area contributed by atoms with Gasteiger partial charge in [-0.15, -0.1) is 0 Å². The SMILES string of the molecule is CC1(C)CCC(Cn2ncc3ccc(I)cc32)O1. The number of rotatable bonds is 2. The minimum absolute atomic E-state index is 0.0298. The Balaban J connectivity index is 1.85. The molecule has 0 radical (unpaired) electrons. The second-order valence-corrected chi connectivity index (χ2v) is 6.81. The monoisotopic (exact) mass is 356 g/mol. The summed E-state index contributed by atoms with van der Waals surface area (Å²) in [6.45, 7) is 5.18. The highest BCUT2D eigenvalue weighted by Crippen LogP contribution is 2.30. The first kappa shape index (κ1) is 12.4. The maximum Gasteiger partial charge on any atom is 0.0779 e. The molecule has 0 spiro atoms. The van der Waals surface area contributed by atoms with E-state index in [1.54, 1.807) is 0 Å². The maximum atomic E-state index is 6.04. The lowest BCUT2D eigenvalue weighted by Gasteiger charge is -2.19. The number of aromatic nitrogens is 2. The molecule has 1 aliphatic rings. The van der Waals surface area contributed by atoms with Crippen LogP contribution in [0.2, 0.25) is 0 Å². The molecule has 2 heterocycles. The molecule has 3 nitrogen and oxygen atoms in total. The largest absolute Gasteiger partial charge is 0.370 e.